The molecule has 0 aliphatic carbocycles. The molecule has 0 aromatic heterocycles. The van der Waals surface area contributed by atoms with Gasteiger partial charge in [0, 0.05) is 17.5 Å². The van der Waals surface area contributed by atoms with Crippen molar-refractivity contribution < 1.29 is 0 Å². The standard InChI is InChI=1S/C32H31N/c1-4-15-29-24-23-28(27-19-11-8-12-20-27)21-14-25-33-32(31(6-3)30(29)5-2)22-13-18-26-16-9-7-10-17-26/h4-17,19-25,33H,1,3,18H2,2H3/b22-13-,24-23-,25-14+,28-21+,29-15-,30-5+,32-31-. The first-order valence-electron chi connectivity index (χ1n) is 11.2. The number of benzene rings is 2. The second kappa shape index (κ2) is 12.7. The van der Waals surface area contributed by atoms with Gasteiger partial charge < -0.3 is 5.32 Å². The Bertz CT molecular complexity index is 1160. The SMILES string of the molecule is C=C/C=C1/C=C\C(c2ccccc2)=C/C=C/NC(\C=C/Cc2ccccc2)=C(C=C)/C1=C/C. The van der Waals surface area contributed by atoms with Gasteiger partial charge in [0.2, 0.25) is 0 Å². The van der Waals surface area contributed by atoms with Gasteiger partial charge in [0.25, 0.3) is 0 Å². The normalized spacial score (nSPS) is 22.8. The fourth-order valence-corrected chi connectivity index (χ4v) is 3.70. The minimum atomic E-state index is 0.860. The summed E-state index contributed by atoms with van der Waals surface area (Å²) in [6.45, 7) is 10.1. The van der Waals surface area contributed by atoms with Crippen LogP contribution in [0.1, 0.15) is 18.1 Å². The lowest BCUT2D eigenvalue weighted by molar-refractivity contribution is 1.08. The largest absolute Gasteiger partial charge is 0.361 e. The van der Waals surface area contributed by atoms with Crippen LogP contribution in [-0.2, 0) is 6.42 Å². The zero-order valence-corrected chi connectivity index (χ0v) is 19.2. The van der Waals surface area contributed by atoms with Crippen molar-refractivity contribution in [3.05, 3.63) is 174 Å². The Labute approximate surface area is 198 Å². The zero-order chi connectivity index (χ0) is 23.3. The van der Waals surface area contributed by atoms with Crippen LogP contribution in [0.4, 0.5) is 0 Å². The molecule has 0 bridgehead atoms. The summed E-state index contributed by atoms with van der Waals surface area (Å²) in [6.07, 6.45) is 23.5. The molecule has 0 spiro atoms. The molecule has 0 amide bonds. The van der Waals surface area contributed by atoms with E-state index in [1.165, 1.54) is 5.56 Å². The molecule has 0 saturated carbocycles. The zero-order valence-electron chi connectivity index (χ0n) is 19.2. The first-order valence-corrected chi connectivity index (χ1v) is 11.2. The highest BCUT2D eigenvalue weighted by atomic mass is 14.8. The van der Waals surface area contributed by atoms with Gasteiger partial charge in [-0.1, -0.05) is 122 Å². The molecule has 1 aliphatic heterocycles. The molecule has 1 heterocycles. The summed E-state index contributed by atoms with van der Waals surface area (Å²) in [7, 11) is 0. The highest BCUT2D eigenvalue weighted by Gasteiger charge is 2.10. The van der Waals surface area contributed by atoms with Gasteiger partial charge in [0.05, 0.1) is 0 Å². The van der Waals surface area contributed by atoms with E-state index < -0.39 is 0 Å². The summed E-state index contributed by atoms with van der Waals surface area (Å²) in [4.78, 5) is 0. The Morgan fingerprint density at radius 2 is 1.64 bits per heavy atom. The van der Waals surface area contributed by atoms with Gasteiger partial charge in [-0.3, -0.25) is 0 Å². The number of allylic oxidation sites excluding steroid dienone is 14. The van der Waals surface area contributed by atoms with Gasteiger partial charge >= 0.3 is 0 Å². The summed E-state index contributed by atoms with van der Waals surface area (Å²) in [5, 5.41) is 3.48. The maximum Gasteiger partial charge on any atom is 0.0456 e. The Morgan fingerprint density at radius 1 is 0.909 bits per heavy atom. The van der Waals surface area contributed by atoms with Crippen molar-refractivity contribution in [2.75, 3.05) is 0 Å². The van der Waals surface area contributed by atoms with E-state index in [4.69, 9.17) is 0 Å². The maximum atomic E-state index is 4.12. The summed E-state index contributed by atoms with van der Waals surface area (Å²) in [5.74, 6) is 0. The smallest absolute Gasteiger partial charge is 0.0456 e. The first-order chi connectivity index (χ1) is 16.3. The van der Waals surface area contributed by atoms with E-state index in [0.29, 0.717) is 0 Å². The number of hydrogen-bond donors (Lipinski definition) is 1. The molecule has 164 valence electrons. The fourth-order valence-electron chi connectivity index (χ4n) is 3.70. The highest BCUT2D eigenvalue weighted by molar-refractivity contribution is 5.76. The van der Waals surface area contributed by atoms with Crippen LogP contribution in [0, 0.1) is 0 Å². The van der Waals surface area contributed by atoms with E-state index in [2.05, 4.69) is 110 Å². The third-order valence-electron chi connectivity index (χ3n) is 5.32. The molecule has 0 radical (unpaired) electrons. The van der Waals surface area contributed by atoms with Crippen molar-refractivity contribution in [1.29, 1.82) is 0 Å². The fraction of sp³-hybridized carbons (Fsp3) is 0.0625. The van der Waals surface area contributed by atoms with Gasteiger partial charge in [-0.15, -0.1) is 0 Å². The molecule has 33 heavy (non-hydrogen) atoms. The second-order valence-corrected chi connectivity index (χ2v) is 7.51. The lowest BCUT2D eigenvalue weighted by Crippen LogP contribution is -2.08. The number of hydrogen-bond acceptors (Lipinski definition) is 1. The average Bonchev–Trinajstić information content (AvgIpc) is 2.89. The van der Waals surface area contributed by atoms with Crippen LogP contribution in [0.2, 0.25) is 0 Å². The highest BCUT2D eigenvalue weighted by Crippen LogP contribution is 2.27. The molecular formula is C32H31N. The van der Waals surface area contributed by atoms with E-state index in [1.807, 2.05) is 42.6 Å². The molecule has 3 rings (SSSR count). The molecule has 0 fully saturated rings. The summed E-state index contributed by atoms with van der Waals surface area (Å²) in [6, 6.07) is 20.8. The molecule has 0 saturated heterocycles. The van der Waals surface area contributed by atoms with Gasteiger partial charge in [0.1, 0.15) is 0 Å². The quantitative estimate of drug-likeness (QED) is 0.490. The van der Waals surface area contributed by atoms with Gasteiger partial charge in [-0.25, -0.2) is 0 Å². The van der Waals surface area contributed by atoms with E-state index in [0.717, 1.165) is 40.0 Å². The van der Waals surface area contributed by atoms with E-state index in [1.54, 1.807) is 0 Å². The number of rotatable bonds is 6. The van der Waals surface area contributed by atoms with Crippen LogP contribution in [0.15, 0.2) is 163 Å². The molecule has 0 atom stereocenters. The monoisotopic (exact) mass is 429 g/mol. The molecule has 0 unspecified atom stereocenters. The molecular weight excluding hydrogens is 398 g/mol. The third-order valence-corrected chi connectivity index (χ3v) is 5.32. The Kier molecular flexibility index (Phi) is 9.05. The maximum absolute atomic E-state index is 4.12. The predicted octanol–water partition coefficient (Wildman–Crippen LogP) is 8.04. The molecule has 1 aliphatic rings. The number of nitrogens with one attached hydrogen (secondary N) is 1. The van der Waals surface area contributed by atoms with Crippen LogP contribution in [0.3, 0.4) is 0 Å². The van der Waals surface area contributed by atoms with Crippen molar-refractivity contribution >= 4 is 5.57 Å². The molecule has 2 aromatic rings. The summed E-state index contributed by atoms with van der Waals surface area (Å²) in [5.41, 5.74) is 7.76. The Balaban J connectivity index is 2.05. The lowest BCUT2D eigenvalue weighted by atomic mass is 9.93. The second-order valence-electron chi connectivity index (χ2n) is 7.51. The predicted molar refractivity (Wildman–Crippen MR) is 144 cm³/mol. The third kappa shape index (κ3) is 6.69. The molecule has 1 heteroatoms. The van der Waals surface area contributed by atoms with Gasteiger partial charge in [-0.2, -0.15) is 0 Å². The van der Waals surface area contributed by atoms with Crippen molar-refractivity contribution in [3.63, 3.8) is 0 Å². The van der Waals surface area contributed by atoms with Crippen LogP contribution < -0.4 is 5.32 Å². The van der Waals surface area contributed by atoms with Crippen LogP contribution >= 0.6 is 0 Å². The average molecular weight is 430 g/mol. The van der Waals surface area contributed by atoms with Crippen LogP contribution in [0.25, 0.3) is 5.57 Å². The first kappa shape index (κ1) is 23.6. The lowest BCUT2D eigenvalue weighted by Gasteiger charge is -2.14. The van der Waals surface area contributed by atoms with Crippen molar-refractivity contribution in [2.45, 2.75) is 13.3 Å². The molecule has 2 aromatic carbocycles. The van der Waals surface area contributed by atoms with Crippen LogP contribution in [0.5, 0.6) is 0 Å². The van der Waals surface area contributed by atoms with Crippen molar-refractivity contribution in [2.24, 2.45) is 0 Å². The minimum absolute atomic E-state index is 0.860. The van der Waals surface area contributed by atoms with Crippen LogP contribution in [-0.4, -0.2) is 0 Å². The topological polar surface area (TPSA) is 12.0 Å². The van der Waals surface area contributed by atoms with E-state index >= 15 is 0 Å². The molecule has 1 N–H and O–H groups in total. The van der Waals surface area contributed by atoms with E-state index in [9.17, 15) is 0 Å². The van der Waals surface area contributed by atoms with Gasteiger partial charge in [-0.05, 0) is 53.3 Å². The van der Waals surface area contributed by atoms with Crippen molar-refractivity contribution in [1.82, 2.24) is 5.32 Å². The molecule has 1 nitrogen and oxygen atoms in total. The Morgan fingerprint density at radius 3 is 2.30 bits per heavy atom. The Hall–Kier alpha value is -4.10. The summed E-state index contributed by atoms with van der Waals surface area (Å²) < 4.78 is 0. The van der Waals surface area contributed by atoms with E-state index in [-0.39, 0.29) is 0 Å². The van der Waals surface area contributed by atoms with Crippen molar-refractivity contribution in [3.8, 4) is 0 Å². The minimum Gasteiger partial charge on any atom is -0.361 e. The summed E-state index contributed by atoms with van der Waals surface area (Å²) >= 11 is 0. The van der Waals surface area contributed by atoms with Gasteiger partial charge in [0.15, 0.2) is 0 Å².